The van der Waals surface area contributed by atoms with Crippen LogP contribution < -0.4 is 21.1 Å². The molecule has 2 aromatic carbocycles. The maximum atomic E-state index is 13.3. The zero-order valence-corrected chi connectivity index (χ0v) is 17.5. The largest absolute Gasteiger partial charge is 0.482 e. The number of sulfone groups is 1. The average Bonchev–Trinajstić information content (AvgIpc) is 3.07. The fourth-order valence-electron chi connectivity index (χ4n) is 2.89. The number of amides is 2. The van der Waals surface area contributed by atoms with E-state index in [4.69, 9.17) is 14.9 Å². The van der Waals surface area contributed by atoms with E-state index in [2.05, 4.69) is 10.6 Å². The number of fused-ring (bicyclic) bond motifs is 1. The van der Waals surface area contributed by atoms with Gasteiger partial charge in [0.05, 0.1) is 11.3 Å². The molecule has 164 valence electrons. The number of benzene rings is 2. The number of carbonyl (C=O) groups excluding carboxylic acids is 2. The summed E-state index contributed by atoms with van der Waals surface area (Å²) in [6, 6.07) is 8.30. The number of hydrogen-bond donors (Lipinski definition) is 3. The second kappa shape index (κ2) is 8.64. The number of rotatable bonds is 8. The van der Waals surface area contributed by atoms with E-state index in [1.807, 2.05) is 0 Å². The smallest absolute Gasteiger partial charge is 0.255 e. The van der Waals surface area contributed by atoms with Crippen LogP contribution in [0.3, 0.4) is 0 Å². The summed E-state index contributed by atoms with van der Waals surface area (Å²) in [6.07, 6.45) is 1.05. The number of halogens is 1. The molecule has 0 aliphatic rings. The summed E-state index contributed by atoms with van der Waals surface area (Å²) in [5, 5.41) is 5.59. The van der Waals surface area contributed by atoms with Crippen molar-refractivity contribution in [3.8, 4) is 17.1 Å². The lowest BCUT2D eigenvalue weighted by molar-refractivity contribution is -0.119. The molecule has 0 bridgehead atoms. The quantitative estimate of drug-likeness (QED) is 0.477. The first kappa shape index (κ1) is 22.1. The number of carbonyl (C=O) groups is 2. The number of ether oxygens (including phenoxy) is 1. The molecule has 2 amide bonds. The summed E-state index contributed by atoms with van der Waals surface area (Å²) < 4.78 is 47.8. The van der Waals surface area contributed by atoms with Crippen molar-refractivity contribution in [2.75, 3.05) is 31.1 Å². The van der Waals surface area contributed by atoms with Crippen LogP contribution in [0, 0.1) is 5.82 Å². The Bertz CT molecular complexity index is 1250. The molecule has 0 atom stereocenters. The van der Waals surface area contributed by atoms with E-state index in [0.717, 1.165) is 6.26 Å². The van der Waals surface area contributed by atoms with Crippen LogP contribution in [0.5, 0.6) is 5.75 Å². The van der Waals surface area contributed by atoms with Gasteiger partial charge in [-0.25, -0.2) is 12.8 Å². The van der Waals surface area contributed by atoms with Crippen LogP contribution in [0.15, 0.2) is 40.8 Å². The number of hydrogen-bond acceptors (Lipinski definition) is 7. The lowest BCUT2D eigenvalue weighted by Gasteiger charge is -2.12. The van der Waals surface area contributed by atoms with Gasteiger partial charge < -0.3 is 25.5 Å². The van der Waals surface area contributed by atoms with Crippen LogP contribution in [-0.4, -0.2) is 46.0 Å². The van der Waals surface area contributed by atoms with Crippen LogP contribution in [0.4, 0.5) is 10.1 Å². The molecule has 3 aromatic rings. The molecule has 0 spiro atoms. The van der Waals surface area contributed by atoms with Crippen molar-refractivity contribution in [2.24, 2.45) is 5.73 Å². The Morgan fingerprint density at radius 1 is 1.19 bits per heavy atom. The van der Waals surface area contributed by atoms with Crippen LogP contribution in [0.25, 0.3) is 22.3 Å². The van der Waals surface area contributed by atoms with Crippen LogP contribution in [-0.2, 0) is 14.6 Å². The van der Waals surface area contributed by atoms with Gasteiger partial charge in [0.1, 0.15) is 28.8 Å². The zero-order chi connectivity index (χ0) is 22.8. The second-order valence-corrected chi connectivity index (χ2v) is 8.88. The standard InChI is InChI=1S/C20H20FN3O6S/c1-23-20(26)18-13-7-16(29-9-17(22)25)14(24-10-31(2,27)28)8-15(13)30-19(18)11-3-5-12(21)6-4-11/h3-8,24H,9-10H2,1-2H3,(H2,22,25)(H,23,26). The molecule has 1 heterocycles. The van der Waals surface area contributed by atoms with Gasteiger partial charge in [-0.2, -0.15) is 0 Å². The van der Waals surface area contributed by atoms with Crippen molar-refractivity contribution in [3.05, 3.63) is 47.8 Å². The van der Waals surface area contributed by atoms with Crippen molar-refractivity contribution in [1.82, 2.24) is 5.32 Å². The summed E-state index contributed by atoms with van der Waals surface area (Å²) >= 11 is 0. The fraction of sp³-hybridized carbons (Fsp3) is 0.200. The molecule has 9 nitrogen and oxygen atoms in total. The lowest BCUT2D eigenvalue weighted by atomic mass is 10.0. The van der Waals surface area contributed by atoms with Gasteiger partial charge in [-0.15, -0.1) is 0 Å². The highest BCUT2D eigenvalue weighted by molar-refractivity contribution is 7.90. The fourth-order valence-corrected chi connectivity index (χ4v) is 3.31. The van der Waals surface area contributed by atoms with Crippen molar-refractivity contribution in [3.63, 3.8) is 0 Å². The third-order valence-corrected chi connectivity index (χ3v) is 4.91. The van der Waals surface area contributed by atoms with Gasteiger partial charge >= 0.3 is 0 Å². The molecular formula is C20H20FN3O6S. The van der Waals surface area contributed by atoms with Gasteiger partial charge in [0.25, 0.3) is 11.8 Å². The summed E-state index contributed by atoms with van der Waals surface area (Å²) in [7, 11) is -1.93. The van der Waals surface area contributed by atoms with Gasteiger partial charge in [-0.05, 0) is 30.3 Å². The topological polar surface area (TPSA) is 141 Å². The van der Waals surface area contributed by atoms with Crippen molar-refractivity contribution in [2.45, 2.75) is 0 Å². The Kier molecular flexibility index (Phi) is 6.16. The van der Waals surface area contributed by atoms with Gasteiger partial charge in [0.2, 0.25) is 0 Å². The average molecular weight is 449 g/mol. The summed E-state index contributed by atoms with van der Waals surface area (Å²) in [5.41, 5.74) is 6.25. The minimum Gasteiger partial charge on any atom is -0.482 e. The molecule has 1 aromatic heterocycles. The Labute approximate surface area is 177 Å². The van der Waals surface area contributed by atoms with Crippen molar-refractivity contribution >= 4 is 38.3 Å². The number of anilines is 1. The molecule has 0 saturated carbocycles. The minimum absolute atomic E-state index is 0.103. The molecule has 3 rings (SSSR count). The number of primary amides is 1. The monoisotopic (exact) mass is 449 g/mol. The number of nitrogens with one attached hydrogen (secondary N) is 2. The van der Waals surface area contributed by atoms with Crippen LogP contribution >= 0.6 is 0 Å². The molecule has 0 saturated heterocycles. The Morgan fingerprint density at radius 2 is 1.87 bits per heavy atom. The molecule has 4 N–H and O–H groups in total. The Hall–Kier alpha value is -3.60. The summed E-state index contributed by atoms with van der Waals surface area (Å²) in [4.78, 5) is 23.8. The molecule has 0 aliphatic heterocycles. The molecule has 0 aliphatic carbocycles. The van der Waals surface area contributed by atoms with Crippen LogP contribution in [0.2, 0.25) is 0 Å². The van der Waals surface area contributed by atoms with E-state index in [1.165, 1.54) is 43.4 Å². The third-order valence-electron chi connectivity index (χ3n) is 4.25. The maximum Gasteiger partial charge on any atom is 0.255 e. The van der Waals surface area contributed by atoms with E-state index in [9.17, 15) is 22.4 Å². The number of nitrogens with two attached hydrogens (primary N) is 1. The first-order valence-electron chi connectivity index (χ1n) is 9.00. The molecule has 31 heavy (non-hydrogen) atoms. The molecule has 0 radical (unpaired) electrons. The minimum atomic E-state index is -3.38. The van der Waals surface area contributed by atoms with Gasteiger partial charge in [0.15, 0.2) is 16.4 Å². The van der Waals surface area contributed by atoms with Crippen molar-refractivity contribution < 1.29 is 31.6 Å². The zero-order valence-electron chi connectivity index (χ0n) is 16.7. The highest BCUT2D eigenvalue weighted by Gasteiger charge is 2.24. The van der Waals surface area contributed by atoms with E-state index in [1.54, 1.807) is 0 Å². The Morgan fingerprint density at radius 3 is 2.45 bits per heavy atom. The first-order chi connectivity index (χ1) is 14.6. The van der Waals surface area contributed by atoms with Crippen molar-refractivity contribution in [1.29, 1.82) is 0 Å². The predicted octanol–water partition coefficient (Wildman–Crippen LogP) is 1.88. The Balaban J connectivity index is 2.21. The van der Waals surface area contributed by atoms with E-state index in [-0.39, 0.29) is 28.3 Å². The highest BCUT2D eigenvalue weighted by Crippen LogP contribution is 2.39. The van der Waals surface area contributed by atoms with Crippen LogP contribution in [0.1, 0.15) is 10.4 Å². The van der Waals surface area contributed by atoms with E-state index in [0.29, 0.717) is 10.9 Å². The molecule has 11 heteroatoms. The number of furan rings is 1. The normalized spacial score (nSPS) is 11.3. The SMILES string of the molecule is CNC(=O)c1c(-c2ccc(F)cc2)oc2cc(NCS(C)(=O)=O)c(OCC(N)=O)cc12. The van der Waals surface area contributed by atoms with Gasteiger partial charge in [0, 0.05) is 30.3 Å². The molecule has 0 unspecified atom stereocenters. The summed E-state index contributed by atoms with van der Waals surface area (Å²) in [5.74, 6) is -1.76. The maximum absolute atomic E-state index is 13.3. The highest BCUT2D eigenvalue weighted by atomic mass is 32.2. The molecule has 0 fully saturated rings. The van der Waals surface area contributed by atoms with E-state index < -0.39 is 40.0 Å². The first-order valence-corrected chi connectivity index (χ1v) is 11.1. The lowest BCUT2D eigenvalue weighted by Crippen LogP contribution is -2.21. The van der Waals surface area contributed by atoms with Gasteiger partial charge in [-0.3, -0.25) is 9.59 Å². The molecular weight excluding hydrogens is 429 g/mol. The predicted molar refractivity (Wildman–Crippen MR) is 113 cm³/mol. The second-order valence-electron chi connectivity index (χ2n) is 6.74. The summed E-state index contributed by atoms with van der Waals surface area (Å²) in [6.45, 7) is -0.461. The van der Waals surface area contributed by atoms with E-state index >= 15 is 0 Å². The van der Waals surface area contributed by atoms with Gasteiger partial charge in [-0.1, -0.05) is 0 Å². The third kappa shape index (κ3) is 5.12.